The summed E-state index contributed by atoms with van der Waals surface area (Å²) in [5.74, 6) is 1.51. The second kappa shape index (κ2) is 17.6. The van der Waals surface area contributed by atoms with Gasteiger partial charge in [0.25, 0.3) is 6.33 Å². The molecule has 13 aromatic rings. The number of furan rings is 1. The van der Waals surface area contributed by atoms with Crippen molar-refractivity contribution in [3.63, 3.8) is 0 Å². The second-order valence-corrected chi connectivity index (χ2v) is 18.1. The number of aromatic nitrogens is 4. The van der Waals surface area contributed by atoms with Crippen LogP contribution in [0.2, 0.25) is 0 Å². The molecule has 0 bridgehead atoms. The zero-order valence-electron chi connectivity index (χ0n) is 48.4. The molecule has 344 valence electrons. The summed E-state index contributed by atoms with van der Waals surface area (Å²) in [6, 6.07) is 46.8. The number of pyridine rings is 1. The average Bonchev–Trinajstić information content (AvgIpc) is 4.28. The van der Waals surface area contributed by atoms with E-state index >= 15 is 0 Å². The van der Waals surface area contributed by atoms with E-state index in [0.29, 0.717) is 50.5 Å². The molecular weight excluding hydrogens is 1050 g/mol. The van der Waals surface area contributed by atoms with E-state index in [2.05, 4.69) is 62.0 Å². The van der Waals surface area contributed by atoms with E-state index < -0.39 is 60.4 Å². The van der Waals surface area contributed by atoms with Gasteiger partial charge in [-0.3, -0.25) is 4.57 Å². The van der Waals surface area contributed by atoms with Crippen molar-refractivity contribution in [3.05, 3.63) is 236 Å². The fourth-order valence-electron chi connectivity index (χ4n) is 9.48. The maximum Gasteiger partial charge on any atom is 0.268 e. The third-order valence-corrected chi connectivity index (χ3v) is 12.8. The number of rotatable bonds is 8. The number of hydrogen-bond acceptors (Lipinski definition) is 3. The van der Waals surface area contributed by atoms with Crippen LogP contribution in [0.4, 0.5) is 0 Å². The van der Waals surface area contributed by atoms with Crippen LogP contribution < -0.4 is 9.30 Å². The Kier molecular flexibility index (Phi) is 8.43. The van der Waals surface area contributed by atoms with Crippen LogP contribution >= 0.6 is 0 Å². The molecular formula is C64H44N4O2Pt-2. The number of benzene rings is 9. The Morgan fingerprint density at radius 3 is 2.01 bits per heavy atom. The third kappa shape index (κ3) is 7.63. The minimum Gasteiger partial charge on any atom is -0.510 e. The maximum absolute atomic E-state index is 9.44. The Hall–Kier alpha value is -8.31. The van der Waals surface area contributed by atoms with Crippen LogP contribution in [-0.4, -0.2) is 14.1 Å². The van der Waals surface area contributed by atoms with Crippen LogP contribution in [0, 0.1) is 18.5 Å². The van der Waals surface area contributed by atoms with Gasteiger partial charge in [0.1, 0.15) is 17.0 Å². The number of ether oxygens (including phenoxy) is 1. The zero-order valence-corrected chi connectivity index (χ0v) is 40.6. The van der Waals surface area contributed by atoms with Gasteiger partial charge in [0, 0.05) is 60.6 Å². The SMILES string of the molecule is [2H]c1c([2H])c([2H])c(-c2cc(-c3cccc4c3oc3ccccc34)cc(-c3c([2H])c([2H])c([2H])c([2H])c3[2H])c2-[n+]2[c-]n(-c3[c-]c(Oc4[c-]c5c(cc4)c4ccccc4n5-c4cc(C(C)(C)C)ccn4)ccc3)c3ccccc32)c([2H])c1[2H].[Pt]. The first-order valence-corrected chi connectivity index (χ1v) is 22.8. The molecule has 0 aliphatic heterocycles. The molecule has 0 amide bonds. The van der Waals surface area contributed by atoms with Gasteiger partial charge in [0.15, 0.2) is 0 Å². The molecule has 0 radical (unpaired) electrons. The van der Waals surface area contributed by atoms with Crippen molar-refractivity contribution in [1.82, 2.24) is 14.1 Å². The van der Waals surface area contributed by atoms with Crippen molar-refractivity contribution in [1.29, 1.82) is 0 Å². The van der Waals surface area contributed by atoms with E-state index in [0.717, 1.165) is 44.0 Å². The van der Waals surface area contributed by atoms with Gasteiger partial charge < -0.3 is 18.3 Å². The summed E-state index contributed by atoms with van der Waals surface area (Å²) in [4.78, 5) is 4.82. The van der Waals surface area contributed by atoms with Crippen molar-refractivity contribution < 1.29 is 48.5 Å². The predicted octanol–water partition coefficient (Wildman–Crippen LogP) is 15.8. The summed E-state index contributed by atoms with van der Waals surface area (Å²) >= 11 is 0. The van der Waals surface area contributed by atoms with Crippen LogP contribution in [0.15, 0.2) is 217 Å². The minimum atomic E-state index is -0.601. The third-order valence-electron chi connectivity index (χ3n) is 12.8. The van der Waals surface area contributed by atoms with Gasteiger partial charge in [-0.05, 0) is 86.3 Å². The Morgan fingerprint density at radius 1 is 0.592 bits per heavy atom. The monoisotopic (exact) mass is 1110 g/mol. The molecule has 13 rings (SSSR count). The fourth-order valence-corrected chi connectivity index (χ4v) is 9.48. The second-order valence-electron chi connectivity index (χ2n) is 18.1. The Morgan fingerprint density at radius 2 is 1.25 bits per heavy atom. The fraction of sp³-hybridized carbons (Fsp3) is 0.0625. The van der Waals surface area contributed by atoms with Gasteiger partial charge in [0.2, 0.25) is 0 Å². The smallest absolute Gasteiger partial charge is 0.268 e. The summed E-state index contributed by atoms with van der Waals surface area (Å²) < 4.78 is 109. The van der Waals surface area contributed by atoms with E-state index in [1.807, 2.05) is 115 Å². The number of nitrogens with zero attached hydrogens (tertiary/aromatic N) is 4. The Bertz CT molecular complexity index is 4620. The van der Waals surface area contributed by atoms with Crippen molar-refractivity contribution in [3.8, 4) is 62.1 Å². The molecule has 9 aromatic carbocycles. The quantitative estimate of drug-likeness (QED) is 0.113. The molecule has 0 aliphatic carbocycles. The first kappa shape index (κ1) is 34.1. The molecule has 0 spiro atoms. The van der Waals surface area contributed by atoms with Gasteiger partial charge in [-0.1, -0.05) is 166 Å². The maximum atomic E-state index is 9.44. The standard InChI is InChI=1S/C64H44N4O2.Pt/c1-64(2,3)45-34-35-65-61(38-45)68-56-28-12-10-24-50(56)51-33-32-48(40-59(51)68)69-47-23-16-22-46(39-47)66-41-67(58-30-14-13-29-57(58)66)62-54(42-18-6-4-7-19-42)36-44(37-55(62)43-20-8-5-9-21-43)49-26-17-27-53-52-25-11-15-31-60(52)70-63(49)53;/h4-38H,1-3H3;/q-2;/i4D,5D,6D,7D,8D,9D,18D,19D,20D,21D;. The number of fused-ring (bicyclic) bond motifs is 7. The molecule has 4 heterocycles. The molecule has 0 unspecified atom stereocenters. The van der Waals surface area contributed by atoms with Gasteiger partial charge in [-0.15, -0.1) is 29.7 Å². The first-order chi connectivity index (χ1) is 38.5. The summed E-state index contributed by atoms with van der Waals surface area (Å²) in [5, 5.41) is 3.63. The minimum absolute atomic E-state index is 0. The molecule has 0 fully saturated rings. The average molecular weight is 1110 g/mol. The molecule has 0 aliphatic rings. The Balaban J connectivity index is 0.00000651. The molecule has 4 aromatic heterocycles. The largest absolute Gasteiger partial charge is 0.510 e. The molecule has 7 heteroatoms. The Labute approximate surface area is 440 Å². The summed E-state index contributed by atoms with van der Waals surface area (Å²) in [7, 11) is 0. The number of imidazole rings is 1. The molecule has 0 saturated heterocycles. The molecule has 71 heavy (non-hydrogen) atoms. The van der Waals surface area contributed by atoms with Crippen molar-refractivity contribution in [2.45, 2.75) is 26.2 Å². The summed E-state index contributed by atoms with van der Waals surface area (Å²) in [6.07, 6.45) is 5.31. The van der Waals surface area contributed by atoms with E-state index in [9.17, 15) is 5.48 Å². The van der Waals surface area contributed by atoms with E-state index in [4.69, 9.17) is 22.4 Å². The van der Waals surface area contributed by atoms with Gasteiger partial charge in [-0.25, -0.2) is 4.98 Å². The van der Waals surface area contributed by atoms with Crippen LogP contribution in [0.5, 0.6) is 11.5 Å². The topological polar surface area (TPSA) is 49.0 Å². The van der Waals surface area contributed by atoms with Gasteiger partial charge >= 0.3 is 0 Å². The van der Waals surface area contributed by atoms with Crippen LogP contribution in [0.25, 0.3) is 105 Å². The van der Waals surface area contributed by atoms with Crippen molar-refractivity contribution in [2.24, 2.45) is 0 Å². The van der Waals surface area contributed by atoms with E-state index in [1.165, 1.54) is 0 Å². The summed E-state index contributed by atoms with van der Waals surface area (Å²) in [6.45, 7) is 6.50. The summed E-state index contributed by atoms with van der Waals surface area (Å²) in [5.41, 5.74) is 6.26. The van der Waals surface area contributed by atoms with E-state index in [-0.39, 0.29) is 54.4 Å². The zero-order chi connectivity index (χ0) is 55.6. The number of hydrogen-bond donors (Lipinski definition) is 0. The van der Waals surface area contributed by atoms with Crippen LogP contribution in [0.1, 0.15) is 40.0 Å². The van der Waals surface area contributed by atoms with Gasteiger partial charge in [0.05, 0.1) is 30.4 Å². The normalized spacial score (nSPS) is 13.7. The molecule has 0 N–H and O–H groups in total. The van der Waals surface area contributed by atoms with Gasteiger partial charge in [-0.2, -0.15) is 18.2 Å². The van der Waals surface area contributed by atoms with Crippen LogP contribution in [-0.2, 0) is 26.5 Å². The molecule has 6 nitrogen and oxygen atoms in total. The van der Waals surface area contributed by atoms with Crippen LogP contribution in [0.3, 0.4) is 0 Å². The molecule has 0 saturated carbocycles. The number of para-hydroxylation sites is 5. The van der Waals surface area contributed by atoms with E-state index in [1.54, 1.807) is 27.3 Å². The van der Waals surface area contributed by atoms with Crippen molar-refractivity contribution >= 4 is 54.8 Å². The van der Waals surface area contributed by atoms with Crippen molar-refractivity contribution in [2.75, 3.05) is 0 Å². The molecule has 0 atom stereocenters. The predicted molar refractivity (Wildman–Crippen MR) is 282 cm³/mol. The first-order valence-electron chi connectivity index (χ1n) is 27.8.